The molecule has 17 heavy (non-hydrogen) atoms. The Morgan fingerprint density at radius 3 is 2.65 bits per heavy atom. The Labute approximate surface area is 103 Å². The monoisotopic (exact) mass is 235 g/mol. The molecule has 2 rings (SSSR count). The highest BCUT2D eigenvalue weighted by molar-refractivity contribution is 5.88. The number of aromatic hydroxyl groups is 1. The molecule has 1 saturated heterocycles. The number of amides is 1. The van der Waals surface area contributed by atoms with Gasteiger partial charge >= 0.3 is 0 Å². The van der Waals surface area contributed by atoms with Crippen LogP contribution >= 0.6 is 0 Å². The zero-order valence-electron chi connectivity index (χ0n) is 10.8. The maximum Gasteiger partial charge on any atom is 0.230 e. The molecule has 0 aliphatic carbocycles. The molecule has 1 aliphatic rings. The molecule has 1 amide bonds. The first-order valence-electron chi connectivity index (χ1n) is 6.21. The largest absolute Gasteiger partial charge is 0.508 e. The highest BCUT2D eigenvalue weighted by atomic mass is 16.3. The maximum absolute atomic E-state index is 11.8. The average Bonchev–Trinajstić information content (AvgIpc) is 2.36. The second-order valence-electron chi connectivity index (χ2n) is 4.24. The predicted molar refractivity (Wildman–Crippen MR) is 69.1 cm³/mol. The number of rotatable bonds is 1. The van der Waals surface area contributed by atoms with E-state index in [4.69, 9.17) is 0 Å². The van der Waals surface area contributed by atoms with Gasteiger partial charge in [-0.1, -0.05) is 26.0 Å². The van der Waals surface area contributed by atoms with E-state index in [2.05, 4.69) is 5.32 Å². The van der Waals surface area contributed by atoms with Crippen LogP contribution in [-0.2, 0) is 10.2 Å². The van der Waals surface area contributed by atoms with Gasteiger partial charge in [0.25, 0.3) is 0 Å². The van der Waals surface area contributed by atoms with Crippen molar-refractivity contribution >= 4 is 5.91 Å². The first-order valence-corrected chi connectivity index (χ1v) is 6.21. The van der Waals surface area contributed by atoms with Crippen LogP contribution in [0.15, 0.2) is 24.3 Å². The topological polar surface area (TPSA) is 49.3 Å². The number of piperidine rings is 1. The third kappa shape index (κ3) is 2.78. The predicted octanol–water partition coefficient (Wildman–Crippen LogP) is 2.59. The molecule has 0 spiro atoms. The molecule has 3 heteroatoms. The quantitative estimate of drug-likeness (QED) is 0.786. The Morgan fingerprint density at radius 1 is 1.35 bits per heavy atom. The van der Waals surface area contributed by atoms with Gasteiger partial charge in [0.2, 0.25) is 5.91 Å². The SMILES string of the molecule is CC.CC1(c2cccc(O)c2)CCCNC1=O. The molecule has 0 saturated carbocycles. The summed E-state index contributed by atoms with van der Waals surface area (Å²) in [6.07, 6.45) is 1.82. The fraction of sp³-hybridized carbons (Fsp3) is 0.500. The molecule has 0 radical (unpaired) electrons. The van der Waals surface area contributed by atoms with E-state index in [-0.39, 0.29) is 11.7 Å². The molecule has 1 heterocycles. The second kappa shape index (κ2) is 5.71. The molecular weight excluding hydrogens is 214 g/mol. The van der Waals surface area contributed by atoms with Crippen molar-refractivity contribution in [2.45, 2.75) is 39.0 Å². The molecule has 1 aliphatic heterocycles. The Balaban J connectivity index is 0.000000686. The molecule has 1 fully saturated rings. The fourth-order valence-electron chi connectivity index (χ4n) is 2.08. The summed E-state index contributed by atoms with van der Waals surface area (Å²) < 4.78 is 0. The van der Waals surface area contributed by atoms with E-state index in [1.807, 2.05) is 26.8 Å². The van der Waals surface area contributed by atoms with Gasteiger partial charge in [-0.3, -0.25) is 4.79 Å². The molecule has 1 aromatic rings. The van der Waals surface area contributed by atoms with Gasteiger partial charge in [0.05, 0.1) is 5.41 Å². The van der Waals surface area contributed by atoms with Gasteiger partial charge in [-0.15, -0.1) is 0 Å². The number of phenolic OH excluding ortho intramolecular Hbond substituents is 1. The normalized spacial score (nSPS) is 23.4. The van der Waals surface area contributed by atoms with E-state index >= 15 is 0 Å². The number of benzene rings is 1. The molecule has 3 nitrogen and oxygen atoms in total. The molecule has 0 bridgehead atoms. The van der Waals surface area contributed by atoms with Crippen molar-refractivity contribution in [3.63, 3.8) is 0 Å². The molecule has 1 aromatic carbocycles. The number of phenols is 1. The Kier molecular flexibility index (Phi) is 4.55. The van der Waals surface area contributed by atoms with Crippen molar-refractivity contribution in [3.8, 4) is 5.75 Å². The minimum Gasteiger partial charge on any atom is -0.508 e. The maximum atomic E-state index is 11.8. The summed E-state index contributed by atoms with van der Waals surface area (Å²) in [7, 11) is 0. The lowest BCUT2D eigenvalue weighted by atomic mass is 9.76. The van der Waals surface area contributed by atoms with Crippen LogP contribution in [0, 0.1) is 0 Å². The van der Waals surface area contributed by atoms with Crippen LogP contribution in [0.5, 0.6) is 5.75 Å². The zero-order valence-corrected chi connectivity index (χ0v) is 10.8. The molecule has 1 atom stereocenters. The van der Waals surface area contributed by atoms with E-state index in [0.29, 0.717) is 0 Å². The van der Waals surface area contributed by atoms with Gasteiger partial charge in [0.15, 0.2) is 0 Å². The summed E-state index contributed by atoms with van der Waals surface area (Å²) in [6, 6.07) is 6.96. The molecule has 1 unspecified atom stereocenters. The number of carbonyl (C=O) groups is 1. The Hall–Kier alpha value is -1.51. The third-order valence-electron chi connectivity index (χ3n) is 3.12. The zero-order chi connectivity index (χ0) is 12.9. The number of hydrogen-bond donors (Lipinski definition) is 2. The second-order valence-corrected chi connectivity index (χ2v) is 4.24. The highest BCUT2D eigenvalue weighted by Gasteiger charge is 2.37. The van der Waals surface area contributed by atoms with E-state index in [0.717, 1.165) is 24.9 Å². The lowest BCUT2D eigenvalue weighted by Crippen LogP contribution is -2.46. The first kappa shape index (κ1) is 13.6. The molecule has 94 valence electrons. The van der Waals surface area contributed by atoms with E-state index < -0.39 is 5.41 Å². The van der Waals surface area contributed by atoms with Crippen LogP contribution < -0.4 is 5.32 Å². The van der Waals surface area contributed by atoms with E-state index in [9.17, 15) is 9.90 Å². The van der Waals surface area contributed by atoms with Crippen molar-refractivity contribution in [2.75, 3.05) is 6.54 Å². The Bertz CT molecular complexity index is 390. The third-order valence-corrected chi connectivity index (χ3v) is 3.12. The molecule has 0 aromatic heterocycles. The summed E-state index contributed by atoms with van der Waals surface area (Å²) in [4.78, 5) is 11.8. The lowest BCUT2D eigenvalue weighted by Gasteiger charge is -2.32. The minimum absolute atomic E-state index is 0.0550. The summed E-state index contributed by atoms with van der Waals surface area (Å²) in [5, 5.41) is 12.3. The van der Waals surface area contributed by atoms with Crippen LogP contribution in [0.4, 0.5) is 0 Å². The summed E-state index contributed by atoms with van der Waals surface area (Å²) in [5.41, 5.74) is 0.400. The van der Waals surface area contributed by atoms with Gasteiger partial charge in [-0.2, -0.15) is 0 Å². The van der Waals surface area contributed by atoms with Gasteiger partial charge in [-0.25, -0.2) is 0 Å². The number of nitrogens with one attached hydrogen (secondary N) is 1. The van der Waals surface area contributed by atoms with Gasteiger partial charge in [-0.05, 0) is 37.5 Å². The van der Waals surface area contributed by atoms with Crippen molar-refractivity contribution in [3.05, 3.63) is 29.8 Å². The summed E-state index contributed by atoms with van der Waals surface area (Å²) in [5.74, 6) is 0.270. The summed E-state index contributed by atoms with van der Waals surface area (Å²) in [6.45, 7) is 6.68. The fourth-order valence-corrected chi connectivity index (χ4v) is 2.08. The van der Waals surface area contributed by atoms with E-state index in [1.165, 1.54) is 0 Å². The summed E-state index contributed by atoms with van der Waals surface area (Å²) >= 11 is 0. The van der Waals surface area contributed by atoms with Gasteiger partial charge in [0.1, 0.15) is 5.75 Å². The number of carbonyl (C=O) groups excluding carboxylic acids is 1. The minimum atomic E-state index is -0.489. The Morgan fingerprint density at radius 2 is 2.06 bits per heavy atom. The highest BCUT2D eigenvalue weighted by Crippen LogP contribution is 2.32. The molecular formula is C14H21NO2. The van der Waals surface area contributed by atoms with Crippen LogP contribution in [0.3, 0.4) is 0 Å². The van der Waals surface area contributed by atoms with Crippen LogP contribution in [0.25, 0.3) is 0 Å². The van der Waals surface area contributed by atoms with Crippen LogP contribution in [0.2, 0.25) is 0 Å². The van der Waals surface area contributed by atoms with Crippen molar-refractivity contribution in [1.82, 2.24) is 5.32 Å². The van der Waals surface area contributed by atoms with E-state index in [1.54, 1.807) is 18.2 Å². The van der Waals surface area contributed by atoms with Crippen LogP contribution in [0.1, 0.15) is 39.2 Å². The molecule has 2 N–H and O–H groups in total. The van der Waals surface area contributed by atoms with Crippen molar-refractivity contribution in [2.24, 2.45) is 0 Å². The smallest absolute Gasteiger partial charge is 0.230 e. The van der Waals surface area contributed by atoms with Crippen molar-refractivity contribution < 1.29 is 9.90 Å². The number of hydrogen-bond acceptors (Lipinski definition) is 2. The average molecular weight is 235 g/mol. The standard InChI is InChI=1S/C12H15NO2.C2H6/c1-12(6-3-7-13-11(12)15)9-4-2-5-10(14)8-9;1-2/h2,4-5,8,14H,3,6-7H2,1H3,(H,13,15);1-2H3. The first-order chi connectivity index (χ1) is 8.13. The van der Waals surface area contributed by atoms with Gasteiger partial charge in [0, 0.05) is 6.54 Å². The van der Waals surface area contributed by atoms with Gasteiger partial charge < -0.3 is 10.4 Å². The van der Waals surface area contributed by atoms with Crippen LogP contribution in [-0.4, -0.2) is 17.6 Å². The lowest BCUT2D eigenvalue weighted by molar-refractivity contribution is -0.127. The van der Waals surface area contributed by atoms with Crippen molar-refractivity contribution in [1.29, 1.82) is 0 Å².